The normalized spacial score (nSPS) is 11.4. The molecule has 0 unspecified atom stereocenters. The molecule has 0 aliphatic carbocycles. The van der Waals surface area contributed by atoms with Crippen LogP contribution in [0.3, 0.4) is 0 Å². The van der Waals surface area contributed by atoms with Crippen LogP contribution in [0.25, 0.3) is 0 Å². The summed E-state index contributed by atoms with van der Waals surface area (Å²) in [6, 6.07) is 3.63. The molecule has 0 bridgehead atoms. The highest BCUT2D eigenvalue weighted by Gasteiger charge is 2.33. The summed E-state index contributed by atoms with van der Waals surface area (Å²) in [5, 5.41) is 0. The Morgan fingerprint density at radius 1 is 1.36 bits per heavy atom. The molecule has 0 aliphatic rings. The van der Waals surface area contributed by atoms with Crippen molar-refractivity contribution in [1.82, 2.24) is 0 Å². The van der Waals surface area contributed by atoms with Crippen molar-refractivity contribution in [3.63, 3.8) is 0 Å². The summed E-state index contributed by atoms with van der Waals surface area (Å²) >= 11 is 7.39. The lowest BCUT2D eigenvalue weighted by atomic mass is 10.1. The van der Waals surface area contributed by atoms with Gasteiger partial charge in [0.1, 0.15) is 4.99 Å². The third-order valence-electron chi connectivity index (χ3n) is 1.56. The van der Waals surface area contributed by atoms with Gasteiger partial charge in [-0.05, 0) is 12.1 Å². The maximum atomic E-state index is 12.4. The Morgan fingerprint density at radius 3 is 2.36 bits per heavy atom. The molecule has 0 radical (unpaired) electrons. The van der Waals surface area contributed by atoms with Crippen LogP contribution in [0, 0.1) is 0 Å². The minimum absolute atomic E-state index is 0.0231. The van der Waals surface area contributed by atoms with Crippen LogP contribution in [-0.2, 0) is 6.18 Å². The predicted octanol–water partition coefficient (Wildman–Crippen LogP) is 3.10. The van der Waals surface area contributed by atoms with E-state index >= 15 is 0 Å². The zero-order chi connectivity index (χ0) is 10.9. The number of rotatable bonds is 1. The van der Waals surface area contributed by atoms with Gasteiger partial charge in [-0.25, -0.2) is 0 Å². The molecule has 2 N–H and O–H groups in total. The average Bonchev–Trinajstić information content (AvgIpc) is 2.02. The highest BCUT2D eigenvalue weighted by molar-refractivity contribution is 9.10. The minimum Gasteiger partial charge on any atom is -0.389 e. The number of benzene rings is 1. The lowest BCUT2D eigenvalue weighted by Gasteiger charge is -2.10. The van der Waals surface area contributed by atoms with Crippen molar-refractivity contribution in [3.05, 3.63) is 33.8 Å². The average molecular weight is 284 g/mol. The van der Waals surface area contributed by atoms with E-state index in [1.807, 2.05) is 0 Å². The van der Waals surface area contributed by atoms with Gasteiger partial charge in [-0.15, -0.1) is 0 Å². The van der Waals surface area contributed by atoms with Crippen LogP contribution in [0.4, 0.5) is 13.2 Å². The molecule has 76 valence electrons. The van der Waals surface area contributed by atoms with Crippen molar-refractivity contribution < 1.29 is 13.2 Å². The first-order chi connectivity index (χ1) is 6.32. The highest BCUT2D eigenvalue weighted by Crippen LogP contribution is 2.35. The van der Waals surface area contributed by atoms with Crippen LogP contribution in [-0.4, -0.2) is 4.99 Å². The van der Waals surface area contributed by atoms with Gasteiger partial charge < -0.3 is 5.73 Å². The first kappa shape index (κ1) is 11.5. The second kappa shape index (κ2) is 3.86. The van der Waals surface area contributed by atoms with Gasteiger partial charge in [0.2, 0.25) is 0 Å². The monoisotopic (exact) mass is 283 g/mol. The van der Waals surface area contributed by atoms with E-state index in [1.54, 1.807) is 0 Å². The molecule has 0 saturated heterocycles. The first-order valence-electron chi connectivity index (χ1n) is 3.49. The van der Waals surface area contributed by atoms with E-state index in [9.17, 15) is 13.2 Å². The van der Waals surface area contributed by atoms with Gasteiger partial charge in [0, 0.05) is 10.0 Å². The largest absolute Gasteiger partial charge is 0.417 e. The summed E-state index contributed by atoms with van der Waals surface area (Å²) in [6.45, 7) is 0. The molecule has 6 heteroatoms. The van der Waals surface area contributed by atoms with E-state index in [-0.39, 0.29) is 15.0 Å². The van der Waals surface area contributed by atoms with Gasteiger partial charge in [0.05, 0.1) is 5.56 Å². The summed E-state index contributed by atoms with van der Waals surface area (Å²) < 4.78 is 37.1. The van der Waals surface area contributed by atoms with Crippen LogP contribution in [0.2, 0.25) is 0 Å². The molecule has 1 aromatic carbocycles. The van der Waals surface area contributed by atoms with Crippen LogP contribution in [0.5, 0.6) is 0 Å². The number of alkyl halides is 3. The van der Waals surface area contributed by atoms with Crippen LogP contribution in [0.1, 0.15) is 11.1 Å². The standard InChI is InChI=1S/C8H5BrF3NS/c9-6-2-1-4(7(13)14)3-5(6)8(10,11)12/h1-3H,(H2,13,14). The van der Waals surface area contributed by atoms with Crippen molar-refractivity contribution in [2.75, 3.05) is 0 Å². The number of hydrogen-bond donors (Lipinski definition) is 1. The van der Waals surface area contributed by atoms with Gasteiger partial charge in [-0.1, -0.05) is 34.2 Å². The topological polar surface area (TPSA) is 26.0 Å². The molecule has 0 saturated carbocycles. The fourth-order valence-corrected chi connectivity index (χ4v) is 1.49. The Balaban J connectivity index is 3.29. The molecule has 1 aromatic rings. The molecule has 0 atom stereocenters. The fourth-order valence-electron chi connectivity index (χ4n) is 0.896. The van der Waals surface area contributed by atoms with E-state index in [2.05, 4.69) is 28.1 Å². The van der Waals surface area contributed by atoms with Crippen molar-refractivity contribution in [2.24, 2.45) is 5.73 Å². The zero-order valence-corrected chi connectivity index (χ0v) is 9.13. The SMILES string of the molecule is NC(=S)c1ccc(Br)c(C(F)(F)F)c1. The number of halogens is 4. The molecule has 0 spiro atoms. The van der Waals surface area contributed by atoms with Crippen LogP contribution >= 0.6 is 28.1 Å². The Kier molecular flexibility index (Phi) is 3.16. The lowest BCUT2D eigenvalue weighted by Crippen LogP contribution is -2.12. The lowest BCUT2D eigenvalue weighted by molar-refractivity contribution is -0.138. The molecular weight excluding hydrogens is 279 g/mol. The molecule has 14 heavy (non-hydrogen) atoms. The molecule has 0 aliphatic heterocycles. The summed E-state index contributed by atoms with van der Waals surface area (Å²) in [5.74, 6) is 0. The van der Waals surface area contributed by atoms with Crippen molar-refractivity contribution in [3.8, 4) is 0 Å². The Morgan fingerprint density at radius 2 is 1.93 bits per heavy atom. The zero-order valence-electron chi connectivity index (χ0n) is 6.73. The van der Waals surface area contributed by atoms with Gasteiger partial charge in [0.25, 0.3) is 0 Å². The van der Waals surface area contributed by atoms with Gasteiger partial charge in [-0.3, -0.25) is 0 Å². The minimum atomic E-state index is -4.40. The van der Waals surface area contributed by atoms with E-state index in [1.165, 1.54) is 12.1 Å². The van der Waals surface area contributed by atoms with Gasteiger partial charge in [-0.2, -0.15) is 13.2 Å². The molecule has 0 aromatic heterocycles. The van der Waals surface area contributed by atoms with E-state index in [0.717, 1.165) is 6.07 Å². The molecule has 1 nitrogen and oxygen atoms in total. The summed E-state index contributed by atoms with van der Waals surface area (Å²) in [7, 11) is 0. The van der Waals surface area contributed by atoms with E-state index in [4.69, 9.17) is 5.73 Å². The Bertz CT molecular complexity index is 375. The van der Waals surface area contributed by atoms with Crippen LogP contribution < -0.4 is 5.73 Å². The van der Waals surface area contributed by atoms with Crippen molar-refractivity contribution in [2.45, 2.75) is 6.18 Å². The quantitative estimate of drug-likeness (QED) is 0.802. The van der Waals surface area contributed by atoms with E-state index < -0.39 is 11.7 Å². The molecule has 0 amide bonds. The number of thiocarbonyl (C=S) groups is 1. The molecule has 0 fully saturated rings. The van der Waals surface area contributed by atoms with E-state index in [0.29, 0.717) is 0 Å². The predicted molar refractivity (Wildman–Crippen MR) is 55.0 cm³/mol. The number of nitrogens with two attached hydrogens (primary N) is 1. The maximum absolute atomic E-state index is 12.4. The summed E-state index contributed by atoms with van der Waals surface area (Å²) in [4.78, 5) is -0.0528. The third kappa shape index (κ3) is 2.45. The van der Waals surface area contributed by atoms with Crippen LogP contribution in [0.15, 0.2) is 22.7 Å². The second-order valence-corrected chi connectivity index (χ2v) is 3.85. The fraction of sp³-hybridized carbons (Fsp3) is 0.125. The van der Waals surface area contributed by atoms with Gasteiger partial charge in [0.15, 0.2) is 0 Å². The van der Waals surface area contributed by atoms with Crippen molar-refractivity contribution >= 4 is 33.1 Å². The molecule has 1 rings (SSSR count). The maximum Gasteiger partial charge on any atom is 0.417 e. The molecule has 0 heterocycles. The Hall–Kier alpha value is -0.620. The van der Waals surface area contributed by atoms with Crippen molar-refractivity contribution in [1.29, 1.82) is 0 Å². The summed E-state index contributed by atoms with van der Waals surface area (Å²) in [5.41, 5.74) is 4.65. The number of hydrogen-bond acceptors (Lipinski definition) is 1. The second-order valence-electron chi connectivity index (χ2n) is 2.56. The Labute approximate surface area is 92.2 Å². The third-order valence-corrected chi connectivity index (χ3v) is 2.48. The first-order valence-corrected chi connectivity index (χ1v) is 4.69. The smallest absolute Gasteiger partial charge is 0.389 e. The highest BCUT2D eigenvalue weighted by atomic mass is 79.9. The van der Waals surface area contributed by atoms with Gasteiger partial charge >= 0.3 is 6.18 Å². The molecular formula is C8H5BrF3NS. The summed E-state index contributed by atoms with van der Waals surface area (Å²) in [6.07, 6.45) is -4.40.